The molecule has 0 heterocycles. The van der Waals surface area contributed by atoms with Crippen LogP contribution >= 0.6 is 0 Å². The standard InChI is InChI=1S/C15H22O4S/c1-4-13(3)20(17,18)11-12(2)15(16)19-10-14-8-6-5-7-9-14/h5-9,12-13H,4,10-11H2,1-3H3. The number of rotatable bonds is 7. The zero-order valence-corrected chi connectivity index (χ0v) is 13.0. The molecule has 5 heteroatoms. The minimum atomic E-state index is -3.24. The van der Waals surface area contributed by atoms with Gasteiger partial charge in [0, 0.05) is 0 Å². The van der Waals surface area contributed by atoms with Crippen molar-refractivity contribution in [3.8, 4) is 0 Å². The fraction of sp³-hybridized carbons (Fsp3) is 0.533. The molecule has 20 heavy (non-hydrogen) atoms. The Morgan fingerprint density at radius 1 is 1.20 bits per heavy atom. The Kier molecular flexibility index (Phi) is 6.20. The van der Waals surface area contributed by atoms with E-state index in [1.54, 1.807) is 13.8 Å². The van der Waals surface area contributed by atoms with E-state index < -0.39 is 27.0 Å². The molecule has 0 saturated heterocycles. The predicted octanol–water partition coefficient (Wildman–Crippen LogP) is 2.58. The molecule has 0 aromatic heterocycles. The van der Waals surface area contributed by atoms with Crippen molar-refractivity contribution in [1.29, 1.82) is 0 Å². The smallest absolute Gasteiger partial charge is 0.310 e. The molecule has 0 radical (unpaired) electrons. The van der Waals surface area contributed by atoms with Gasteiger partial charge in [0.25, 0.3) is 0 Å². The molecule has 0 aliphatic rings. The molecule has 0 spiro atoms. The fourth-order valence-corrected chi connectivity index (χ4v) is 3.38. The van der Waals surface area contributed by atoms with Gasteiger partial charge in [-0.2, -0.15) is 0 Å². The van der Waals surface area contributed by atoms with Crippen LogP contribution in [0.15, 0.2) is 30.3 Å². The molecule has 0 N–H and O–H groups in total. The van der Waals surface area contributed by atoms with E-state index in [2.05, 4.69) is 0 Å². The first-order chi connectivity index (χ1) is 9.36. The van der Waals surface area contributed by atoms with Gasteiger partial charge in [0.1, 0.15) is 6.61 Å². The van der Waals surface area contributed by atoms with Crippen molar-refractivity contribution in [2.75, 3.05) is 5.75 Å². The monoisotopic (exact) mass is 298 g/mol. The lowest BCUT2D eigenvalue weighted by Gasteiger charge is -2.15. The summed E-state index contributed by atoms with van der Waals surface area (Å²) in [5.41, 5.74) is 0.887. The van der Waals surface area contributed by atoms with Gasteiger partial charge in [-0.25, -0.2) is 8.42 Å². The third kappa shape index (κ3) is 4.96. The van der Waals surface area contributed by atoms with E-state index in [9.17, 15) is 13.2 Å². The summed E-state index contributed by atoms with van der Waals surface area (Å²) in [5, 5.41) is -0.424. The second-order valence-corrected chi connectivity index (χ2v) is 7.51. The SMILES string of the molecule is CCC(C)S(=O)(=O)CC(C)C(=O)OCc1ccccc1. The molecule has 0 amide bonds. The lowest BCUT2D eigenvalue weighted by atomic mass is 10.2. The molecule has 0 fully saturated rings. The van der Waals surface area contributed by atoms with E-state index in [0.29, 0.717) is 6.42 Å². The van der Waals surface area contributed by atoms with Crippen molar-refractivity contribution in [2.45, 2.75) is 39.0 Å². The van der Waals surface area contributed by atoms with Gasteiger partial charge < -0.3 is 4.74 Å². The molecular weight excluding hydrogens is 276 g/mol. The normalized spacial score (nSPS) is 14.6. The van der Waals surface area contributed by atoms with Crippen LogP contribution in [0.1, 0.15) is 32.8 Å². The average molecular weight is 298 g/mol. The summed E-state index contributed by atoms with van der Waals surface area (Å²) >= 11 is 0. The number of carbonyl (C=O) groups is 1. The molecule has 0 aliphatic heterocycles. The summed E-state index contributed by atoms with van der Waals surface area (Å²) < 4.78 is 29.0. The number of hydrogen-bond acceptors (Lipinski definition) is 4. The van der Waals surface area contributed by atoms with Gasteiger partial charge in [0.15, 0.2) is 9.84 Å². The molecule has 1 aromatic rings. The predicted molar refractivity (Wildman–Crippen MR) is 78.9 cm³/mol. The molecule has 0 bridgehead atoms. The van der Waals surface area contributed by atoms with Gasteiger partial charge >= 0.3 is 5.97 Å². The molecule has 2 atom stereocenters. The van der Waals surface area contributed by atoms with Crippen molar-refractivity contribution >= 4 is 15.8 Å². The Bertz CT molecular complexity index is 522. The highest BCUT2D eigenvalue weighted by Crippen LogP contribution is 2.13. The quantitative estimate of drug-likeness (QED) is 0.726. The topological polar surface area (TPSA) is 60.4 Å². The molecule has 4 nitrogen and oxygen atoms in total. The Labute approximate surface area is 121 Å². The maximum absolute atomic E-state index is 11.9. The van der Waals surface area contributed by atoms with Crippen molar-refractivity contribution in [3.05, 3.63) is 35.9 Å². The minimum absolute atomic E-state index is 0.157. The van der Waals surface area contributed by atoms with Crippen LogP contribution in [-0.4, -0.2) is 25.4 Å². The van der Waals surface area contributed by atoms with Crippen molar-refractivity contribution in [1.82, 2.24) is 0 Å². The van der Waals surface area contributed by atoms with E-state index in [4.69, 9.17) is 4.74 Å². The Morgan fingerprint density at radius 3 is 2.35 bits per heavy atom. The molecule has 0 aliphatic carbocycles. The van der Waals surface area contributed by atoms with E-state index in [1.807, 2.05) is 37.3 Å². The van der Waals surface area contributed by atoms with Crippen LogP contribution in [0.4, 0.5) is 0 Å². The number of esters is 1. The van der Waals surface area contributed by atoms with Gasteiger partial charge in [-0.3, -0.25) is 4.79 Å². The summed E-state index contributed by atoms with van der Waals surface area (Å²) in [6, 6.07) is 9.31. The molecule has 112 valence electrons. The van der Waals surface area contributed by atoms with E-state index >= 15 is 0 Å². The van der Waals surface area contributed by atoms with Gasteiger partial charge in [0.05, 0.1) is 16.9 Å². The van der Waals surface area contributed by atoms with Crippen molar-refractivity contribution in [3.63, 3.8) is 0 Å². The third-order valence-corrected chi connectivity index (χ3v) is 5.82. The second-order valence-electron chi connectivity index (χ2n) is 5.04. The second kappa shape index (κ2) is 7.43. The minimum Gasteiger partial charge on any atom is -0.461 e. The third-order valence-electron chi connectivity index (χ3n) is 3.30. The first-order valence-electron chi connectivity index (χ1n) is 6.79. The average Bonchev–Trinajstić information content (AvgIpc) is 2.44. The highest BCUT2D eigenvalue weighted by molar-refractivity contribution is 7.92. The van der Waals surface area contributed by atoms with E-state index in [-0.39, 0.29) is 12.4 Å². The van der Waals surface area contributed by atoms with Gasteiger partial charge in [0.2, 0.25) is 0 Å². The Morgan fingerprint density at radius 2 is 1.80 bits per heavy atom. The van der Waals surface area contributed by atoms with Crippen molar-refractivity contribution < 1.29 is 17.9 Å². The van der Waals surface area contributed by atoms with Gasteiger partial charge in [-0.05, 0) is 18.9 Å². The van der Waals surface area contributed by atoms with Crippen LogP contribution < -0.4 is 0 Å². The number of ether oxygens (including phenoxy) is 1. The molecule has 1 aromatic carbocycles. The molecule has 0 saturated carbocycles. The van der Waals surface area contributed by atoms with Crippen LogP contribution in [0.25, 0.3) is 0 Å². The molecule has 2 unspecified atom stereocenters. The first-order valence-corrected chi connectivity index (χ1v) is 8.50. The van der Waals surface area contributed by atoms with Crippen LogP contribution in [0.5, 0.6) is 0 Å². The number of carbonyl (C=O) groups excluding carboxylic acids is 1. The molecule has 1 rings (SSSR count). The number of benzene rings is 1. The molecular formula is C15H22O4S. The lowest BCUT2D eigenvalue weighted by Crippen LogP contribution is -2.28. The maximum Gasteiger partial charge on any atom is 0.310 e. The van der Waals surface area contributed by atoms with Crippen LogP contribution in [0.2, 0.25) is 0 Å². The summed E-state index contributed by atoms with van der Waals surface area (Å²) in [5.74, 6) is -1.27. The Balaban J connectivity index is 2.52. The zero-order chi connectivity index (χ0) is 15.2. The summed E-state index contributed by atoms with van der Waals surface area (Å²) in [7, 11) is -3.24. The highest BCUT2D eigenvalue weighted by Gasteiger charge is 2.26. The van der Waals surface area contributed by atoms with E-state index in [0.717, 1.165) is 5.56 Å². The van der Waals surface area contributed by atoms with Crippen molar-refractivity contribution in [2.24, 2.45) is 5.92 Å². The lowest BCUT2D eigenvalue weighted by molar-refractivity contribution is -0.148. The van der Waals surface area contributed by atoms with E-state index in [1.165, 1.54) is 0 Å². The Hall–Kier alpha value is -1.36. The van der Waals surface area contributed by atoms with Gasteiger partial charge in [-0.15, -0.1) is 0 Å². The van der Waals surface area contributed by atoms with Crippen LogP contribution in [0.3, 0.4) is 0 Å². The highest BCUT2D eigenvalue weighted by atomic mass is 32.2. The number of hydrogen-bond donors (Lipinski definition) is 0. The van der Waals surface area contributed by atoms with Crippen LogP contribution in [0, 0.1) is 5.92 Å². The van der Waals surface area contributed by atoms with Crippen LogP contribution in [-0.2, 0) is 26.0 Å². The largest absolute Gasteiger partial charge is 0.461 e. The zero-order valence-electron chi connectivity index (χ0n) is 12.2. The first kappa shape index (κ1) is 16.7. The summed E-state index contributed by atoms with van der Waals surface area (Å²) in [6.45, 7) is 5.25. The van der Waals surface area contributed by atoms with Gasteiger partial charge in [-0.1, -0.05) is 44.2 Å². The number of sulfone groups is 1. The summed E-state index contributed by atoms with van der Waals surface area (Å²) in [4.78, 5) is 11.8. The summed E-state index contributed by atoms with van der Waals surface area (Å²) in [6.07, 6.45) is 0.550. The maximum atomic E-state index is 11.9. The fourth-order valence-electron chi connectivity index (χ4n) is 1.71.